The second-order valence-electron chi connectivity index (χ2n) is 6.22. The standard InChI is InChI=1S/C19H19F2NO3/c1-11(2)18(12-3-6-16-17(9-12)25-8-7-24-16)22-19(23)14-5-4-13(20)10-15(14)21/h3-6,9-11,18H,7-8H2,1-2H3,(H,22,23)/t18-/m0/s1. The van der Waals surface area contributed by atoms with Crippen molar-refractivity contribution in [3.05, 3.63) is 59.2 Å². The number of fused-ring (bicyclic) bond motifs is 1. The lowest BCUT2D eigenvalue weighted by Gasteiger charge is -2.25. The van der Waals surface area contributed by atoms with Crippen molar-refractivity contribution in [1.29, 1.82) is 0 Å². The first kappa shape index (κ1) is 17.2. The molecule has 4 nitrogen and oxygen atoms in total. The van der Waals surface area contributed by atoms with Crippen LogP contribution in [0.3, 0.4) is 0 Å². The van der Waals surface area contributed by atoms with E-state index in [1.807, 2.05) is 26.0 Å². The molecule has 0 aliphatic carbocycles. The molecule has 0 spiro atoms. The zero-order chi connectivity index (χ0) is 18.0. The number of nitrogens with one attached hydrogen (secondary N) is 1. The third-order valence-corrected chi connectivity index (χ3v) is 4.05. The molecule has 1 aliphatic heterocycles. The SMILES string of the molecule is CC(C)[C@H](NC(=O)c1ccc(F)cc1F)c1ccc2c(c1)OCCO2. The highest BCUT2D eigenvalue weighted by Crippen LogP contribution is 2.34. The van der Waals surface area contributed by atoms with E-state index in [9.17, 15) is 13.6 Å². The second kappa shape index (κ2) is 7.09. The Kier molecular flexibility index (Phi) is 4.88. The van der Waals surface area contributed by atoms with E-state index >= 15 is 0 Å². The van der Waals surface area contributed by atoms with Crippen molar-refractivity contribution in [3.8, 4) is 11.5 Å². The summed E-state index contributed by atoms with van der Waals surface area (Å²) in [4.78, 5) is 12.4. The minimum atomic E-state index is -0.887. The van der Waals surface area contributed by atoms with Gasteiger partial charge in [-0.1, -0.05) is 19.9 Å². The predicted octanol–water partition coefficient (Wildman–Crippen LogP) is 3.86. The molecule has 0 fully saturated rings. The second-order valence-corrected chi connectivity index (χ2v) is 6.22. The maximum Gasteiger partial charge on any atom is 0.254 e. The van der Waals surface area contributed by atoms with Crippen molar-refractivity contribution < 1.29 is 23.0 Å². The van der Waals surface area contributed by atoms with E-state index in [-0.39, 0.29) is 17.5 Å². The first-order valence-electron chi connectivity index (χ1n) is 8.11. The molecule has 3 rings (SSSR count). The van der Waals surface area contributed by atoms with Gasteiger partial charge >= 0.3 is 0 Å². The lowest BCUT2D eigenvalue weighted by atomic mass is 9.95. The molecule has 0 radical (unpaired) electrons. The molecule has 25 heavy (non-hydrogen) atoms. The van der Waals surface area contributed by atoms with E-state index in [1.54, 1.807) is 6.07 Å². The van der Waals surface area contributed by atoms with Crippen molar-refractivity contribution in [2.75, 3.05) is 13.2 Å². The molecular formula is C19H19F2NO3. The summed E-state index contributed by atoms with van der Waals surface area (Å²) in [6.45, 7) is 4.86. The van der Waals surface area contributed by atoms with Gasteiger partial charge in [-0.05, 0) is 35.7 Å². The van der Waals surface area contributed by atoms with Gasteiger partial charge in [0, 0.05) is 6.07 Å². The number of rotatable bonds is 4. The van der Waals surface area contributed by atoms with Crippen molar-refractivity contribution in [2.24, 2.45) is 5.92 Å². The van der Waals surface area contributed by atoms with Crippen molar-refractivity contribution >= 4 is 5.91 Å². The number of ether oxygens (including phenoxy) is 2. The highest BCUT2D eigenvalue weighted by atomic mass is 19.1. The number of carbonyl (C=O) groups excluding carboxylic acids is 1. The fourth-order valence-electron chi connectivity index (χ4n) is 2.78. The third kappa shape index (κ3) is 3.73. The fourth-order valence-corrected chi connectivity index (χ4v) is 2.78. The van der Waals surface area contributed by atoms with Gasteiger partial charge in [0.25, 0.3) is 5.91 Å². The number of hydrogen-bond donors (Lipinski definition) is 1. The predicted molar refractivity (Wildman–Crippen MR) is 88.8 cm³/mol. The van der Waals surface area contributed by atoms with Crippen LogP contribution in [0.1, 0.15) is 35.8 Å². The van der Waals surface area contributed by atoms with Crippen molar-refractivity contribution in [2.45, 2.75) is 19.9 Å². The smallest absolute Gasteiger partial charge is 0.254 e. The molecule has 1 aliphatic rings. The van der Waals surface area contributed by atoms with E-state index in [0.717, 1.165) is 17.7 Å². The number of halogens is 2. The van der Waals surface area contributed by atoms with Crippen LogP contribution in [0, 0.1) is 17.6 Å². The van der Waals surface area contributed by atoms with E-state index < -0.39 is 17.5 Å². The molecule has 6 heteroatoms. The molecule has 0 aromatic heterocycles. The normalized spacial score (nSPS) is 14.3. The largest absolute Gasteiger partial charge is 0.486 e. The van der Waals surface area contributed by atoms with Crippen LogP contribution in [0.15, 0.2) is 36.4 Å². The summed E-state index contributed by atoms with van der Waals surface area (Å²) >= 11 is 0. The van der Waals surface area contributed by atoms with Crippen LogP contribution < -0.4 is 14.8 Å². The highest BCUT2D eigenvalue weighted by molar-refractivity contribution is 5.94. The third-order valence-electron chi connectivity index (χ3n) is 4.05. The van der Waals surface area contributed by atoms with E-state index in [2.05, 4.69) is 5.32 Å². The average molecular weight is 347 g/mol. The van der Waals surface area contributed by atoms with Crippen LogP contribution in [0.4, 0.5) is 8.78 Å². The van der Waals surface area contributed by atoms with Gasteiger partial charge in [0.15, 0.2) is 11.5 Å². The zero-order valence-corrected chi connectivity index (χ0v) is 14.0. The molecule has 1 N–H and O–H groups in total. The molecule has 1 atom stereocenters. The Labute approximate surface area is 144 Å². The van der Waals surface area contributed by atoms with E-state index in [0.29, 0.717) is 30.8 Å². The van der Waals surface area contributed by atoms with Crippen molar-refractivity contribution in [1.82, 2.24) is 5.32 Å². The number of benzene rings is 2. The van der Waals surface area contributed by atoms with Gasteiger partial charge in [0.1, 0.15) is 24.8 Å². The van der Waals surface area contributed by atoms with Crippen LogP contribution in [0.5, 0.6) is 11.5 Å². The Morgan fingerprint density at radius 1 is 1.04 bits per heavy atom. The topological polar surface area (TPSA) is 47.6 Å². The summed E-state index contributed by atoms with van der Waals surface area (Å²) in [5, 5.41) is 2.82. The van der Waals surface area contributed by atoms with Crippen molar-refractivity contribution in [3.63, 3.8) is 0 Å². The Bertz CT molecular complexity index is 792. The summed E-state index contributed by atoms with van der Waals surface area (Å²) in [5.41, 5.74) is 0.639. The molecule has 0 unspecified atom stereocenters. The molecule has 1 heterocycles. The van der Waals surface area contributed by atoms with Crippen LogP contribution in [-0.2, 0) is 0 Å². The van der Waals surface area contributed by atoms with Gasteiger partial charge in [-0.15, -0.1) is 0 Å². The first-order chi connectivity index (χ1) is 12.0. The first-order valence-corrected chi connectivity index (χ1v) is 8.11. The zero-order valence-electron chi connectivity index (χ0n) is 14.0. The summed E-state index contributed by atoms with van der Waals surface area (Å²) in [7, 11) is 0. The van der Waals surface area contributed by atoms with Gasteiger partial charge in [0.2, 0.25) is 0 Å². The maximum absolute atomic E-state index is 13.8. The minimum Gasteiger partial charge on any atom is -0.486 e. The molecule has 1 amide bonds. The number of hydrogen-bond acceptors (Lipinski definition) is 3. The fraction of sp³-hybridized carbons (Fsp3) is 0.316. The summed E-state index contributed by atoms with van der Waals surface area (Å²) in [6.07, 6.45) is 0. The van der Waals surface area contributed by atoms with E-state index in [1.165, 1.54) is 0 Å². The molecule has 0 saturated heterocycles. The molecule has 132 valence electrons. The molecule has 0 saturated carbocycles. The van der Waals surface area contributed by atoms with Crippen LogP contribution in [0.2, 0.25) is 0 Å². The quantitative estimate of drug-likeness (QED) is 0.913. The Morgan fingerprint density at radius 3 is 2.44 bits per heavy atom. The van der Waals surface area contributed by atoms with E-state index in [4.69, 9.17) is 9.47 Å². The van der Waals surface area contributed by atoms with Gasteiger partial charge in [-0.25, -0.2) is 8.78 Å². The monoisotopic (exact) mass is 347 g/mol. The highest BCUT2D eigenvalue weighted by Gasteiger charge is 2.23. The lowest BCUT2D eigenvalue weighted by molar-refractivity contribution is 0.0921. The minimum absolute atomic E-state index is 0.0509. The number of amides is 1. The Balaban J connectivity index is 1.85. The maximum atomic E-state index is 13.8. The molecule has 2 aromatic rings. The Hall–Kier alpha value is -2.63. The molecule has 2 aromatic carbocycles. The summed E-state index contributed by atoms with van der Waals surface area (Å²) < 4.78 is 37.9. The van der Waals surface area contributed by atoms with Crippen LogP contribution in [0.25, 0.3) is 0 Å². The number of carbonyl (C=O) groups is 1. The summed E-state index contributed by atoms with van der Waals surface area (Å²) in [5.74, 6) is -0.866. The van der Waals surface area contributed by atoms with Crippen LogP contribution >= 0.6 is 0 Å². The van der Waals surface area contributed by atoms with Gasteiger partial charge in [0.05, 0.1) is 11.6 Å². The van der Waals surface area contributed by atoms with Gasteiger partial charge in [-0.3, -0.25) is 4.79 Å². The average Bonchev–Trinajstić information content (AvgIpc) is 2.58. The molecular weight excluding hydrogens is 328 g/mol. The van der Waals surface area contributed by atoms with Gasteiger partial charge in [-0.2, -0.15) is 0 Å². The lowest BCUT2D eigenvalue weighted by Crippen LogP contribution is -2.32. The van der Waals surface area contributed by atoms with Gasteiger partial charge < -0.3 is 14.8 Å². The Morgan fingerprint density at radius 2 is 1.76 bits per heavy atom. The van der Waals surface area contributed by atoms with Crippen LogP contribution in [-0.4, -0.2) is 19.1 Å². The molecule has 0 bridgehead atoms. The summed E-state index contributed by atoms with van der Waals surface area (Å²) in [6, 6.07) is 8.01.